The van der Waals surface area contributed by atoms with Crippen LogP contribution in [0.5, 0.6) is 0 Å². The van der Waals surface area contributed by atoms with Gasteiger partial charge in [0.05, 0.1) is 9.75 Å². The number of nitrogens with zero attached hydrogens (tertiary/aromatic N) is 3. The molecule has 1 saturated heterocycles. The summed E-state index contributed by atoms with van der Waals surface area (Å²) < 4.78 is 43.1. The lowest BCUT2D eigenvalue weighted by atomic mass is 9.99. The number of alkyl halides is 3. The lowest BCUT2D eigenvalue weighted by Gasteiger charge is -2.30. The summed E-state index contributed by atoms with van der Waals surface area (Å²) >= 11 is 1.08. The zero-order valence-corrected chi connectivity index (χ0v) is 16.1. The van der Waals surface area contributed by atoms with Gasteiger partial charge in [-0.05, 0) is 31.9 Å². The molecular formula is C18H18F3N3O3S. The van der Waals surface area contributed by atoms with Crippen LogP contribution in [-0.2, 0) is 11.0 Å². The fourth-order valence-corrected chi connectivity index (χ4v) is 4.10. The van der Waals surface area contributed by atoms with E-state index in [1.54, 1.807) is 23.2 Å². The van der Waals surface area contributed by atoms with Crippen LogP contribution in [0.4, 0.5) is 13.2 Å². The van der Waals surface area contributed by atoms with Gasteiger partial charge in [-0.1, -0.05) is 5.16 Å². The highest BCUT2D eigenvalue weighted by atomic mass is 32.1. The zero-order chi connectivity index (χ0) is 20.5. The number of piperidine rings is 1. The average molecular weight is 413 g/mol. The van der Waals surface area contributed by atoms with Crippen molar-refractivity contribution in [3.8, 4) is 10.6 Å². The molecule has 2 aromatic rings. The van der Waals surface area contributed by atoms with E-state index in [0.29, 0.717) is 22.8 Å². The van der Waals surface area contributed by atoms with E-state index in [4.69, 9.17) is 0 Å². The van der Waals surface area contributed by atoms with Crippen LogP contribution in [-0.4, -0.2) is 41.2 Å². The third-order valence-corrected chi connectivity index (χ3v) is 5.52. The van der Waals surface area contributed by atoms with Crippen molar-refractivity contribution in [2.75, 3.05) is 13.1 Å². The maximum Gasteiger partial charge on any atom is 0.452 e. The van der Waals surface area contributed by atoms with E-state index in [0.717, 1.165) is 24.2 Å². The summed E-state index contributed by atoms with van der Waals surface area (Å²) in [5, 5.41) is 3.53. The van der Waals surface area contributed by atoms with E-state index < -0.39 is 11.9 Å². The van der Waals surface area contributed by atoms with Crippen LogP contribution in [0, 0.1) is 12.8 Å². The molecule has 1 atom stereocenters. The first-order valence-corrected chi connectivity index (χ1v) is 9.46. The Morgan fingerprint density at radius 3 is 2.79 bits per heavy atom. The number of carbonyl (C=O) groups excluding carboxylic acids is 2. The number of hydrogen-bond acceptors (Lipinski definition) is 5. The number of hydrogen-bond donors (Lipinski definition) is 0. The number of likely N-dealkylation sites (tertiary alicyclic amines) is 1. The largest absolute Gasteiger partial charge is 0.452 e. The summed E-state index contributed by atoms with van der Waals surface area (Å²) in [6.07, 6.45) is -1.40. The number of halogens is 3. The van der Waals surface area contributed by atoms with Gasteiger partial charge in [0.2, 0.25) is 11.7 Å². The van der Waals surface area contributed by atoms with Gasteiger partial charge in [0.25, 0.3) is 5.91 Å². The first kappa shape index (κ1) is 20.2. The topological polar surface area (TPSA) is 75.8 Å². The van der Waals surface area contributed by atoms with Crippen LogP contribution in [0.15, 0.2) is 21.6 Å². The molecule has 10 heteroatoms. The smallest absolute Gasteiger partial charge is 0.351 e. The Hall–Kier alpha value is -2.49. The van der Waals surface area contributed by atoms with Gasteiger partial charge in [-0.15, -0.1) is 11.3 Å². The Morgan fingerprint density at radius 1 is 1.39 bits per heavy atom. The van der Waals surface area contributed by atoms with Crippen molar-refractivity contribution in [2.24, 2.45) is 10.9 Å². The van der Waals surface area contributed by atoms with Gasteiger partial charge in [0.15, 0.2) is 0 Å². The molecule has 3 rings (SSSR count). The number of aliphatic imine (C=N–C) groups is 1. The summed E-state index contributed by atoms with van der Waals surface area (Å²) in [5.41, 5.74) is -0.0201. The molecule has 1 unspecified atom stereocenters. The van der Waals surface area contributed by atoms with Crippen molar-refractivity contribution >= 4 is 29.4 Å². The fourth-order valence-electron chi connectivity index (χ4n) is 3.09. The highest BCUT2D eigenvalue weighted by molar-refractivity contribution is 7.17. The van der Waals surface area contributed by atoms with Gasteiger partial charge < -0.3 is 9.42 Å². The molecule has 0 aliphatic carbocycles. The van der Waals surface area contributed by atoms with Crippen LogP contribution < -0.4 is 0 Å². The van der Waals surface area contributed by atoms with Crippen molar-refractivity contribution in [1.29, 1.82) is 0 Å². The monoisotopic (exact) mass is 413 g/mol. The molecule has 150 valence electrons. The Kier molecular flexibility index (Phi) is 5.69. The molecule has 0 aromatic carbocycles. The number of carbonyl (C=O) groups is 2. The van der Waals surface area contributed by atoms with Gasteiger partial charge in [0, 0.05) is 37.7 Å². The van der Waals surface area contributed by atoms with Crippen molar-refractivity contribution in [3.63, 3.8) is 0 Å². The van der Waals surface area contributed by atoms with Crippen LogP contribution in [0.3, 0.4) is 0 Å². The van der Waals surface area contributed by atoms with Crippen molar-refractivity contribution in [2.45, 2.75) is 32.9 Å². The molecule has 1 fully saturated rings. The molecule has 0 N–H and O–H groups in total. The van der Waals surface area contributed by atoms with Crippen LogP contribution >= 0.6 is 11.3 Å². The third kappa shape index (κ3) is 4.32. The third-order valence-electron chi connectivity index (χ3n) is 4.44. The molecule has 0 spiro atoms. The summed E-state index contributed by atoms with van der Waals surface area (Å²) in [6.45, 7) is 3.69. The first-order chi connectivity index (χ1) is 13.2. The predicted octanol–water partition coefficient (Wildman–Crippen LogP) is 4.20. The van der Waals surface area contributed by atoms with Gasteiger partial charge in [-0.3, -0.25) is 9.59 Å². The first-order valence-electron chi connectivity index (χ1n) is 8.64. The second-order valence-electron chi connectivity index (χ2n) is 6.60. The summed E-state index contributed by atoms with van der Waals surface area (Å²) in [4.78, 5) is 30.1. The standard InChI is InChI=1S/C18H18F3N3O3S/c1-10-15(23-27-16(10)18(19,20)21)13-5-6-14(28-13)17(26)24-7-3-4-12(9-24)8-22-11(2)25/h5-6,8,12H,3-4,7,9H2,1-2H3/b22-8+. The van der Waals surface area contributed by atoms with Gasteiger partial charge in [-0.25, -0.2) is 4.99 Å². The van der Waals surface area contributed by atoms with E-state index in [2.05, 4.69) is 14.7 Å². The molecule has 28 heavy (non-hydrogen) atoms. The second kappa shape index (κ2) is 7.86. The molecule has 6 nitrogen and oxygen atoms in total. The molecule has 0 saturated carbocycles. The molecular weight excluding hydrogens is 395 g/mol. The highest BCUT2D eigenvalue weighted by Crippen LogP contribution is 2.38. The van der Waals surface area contributed by atoms with Gasteiger partial charge in [-0.2, -0.15) is 13.2 Å². The van der Waals surface area contributed by atoms with E-state index in [1.165, 1.54) is 13.8 Å². The average Bonchev–Trinajstić information content (AvgIpc) is 3.25. The van der Waals surface area contributed by atoms with Crippen molar-refractivity contribution in [3.05, 3.63) is 28.3 Å². The minimum absolute atomic E-state index is 0.00756. The zero-order valence-electron chi connectivity index (χ0n) is 15.2. The molecule has 1 aliphatic heterocycles. The lowest BCUT2D eigenvalue weighted by Crippen LogP contribution is -2.40. The van der Waals surface area contributed by atoms with Crippen LogP contribution in [0.2, 0.25) is 0 Å². The van der Waals surface area contributed by atoms with E-state index >= 15 is 0 Å². The molecule has 2 aromatic heterocycles. The quantitative estimate of drug-likeness (QED) is 0.707. The second-order valence-corrected chi connectivity index (χ2v) is 7.68. The Labute approximate surface area is 163 Å². The van der Waals surface area contributed by atoms with Crippen molar-refractivity contribution < 1.29 is 27.3 Å². The Balaban J connectivity index is 1.76. The molecule has 0 bridgehead atoms. The van der Waals surface area contributed by atoms with Gasteiger partial charge in [0.1, 0.15) is 5.69 Å². The van der Waals surface area contributed by atoms with E-state index in [-0.39, 0.29) is 29.0 Å². The maximum absolute atomic E-state index is 12.9. The number of rotatable bonds is 3. The minimum atomic E-state index is -4.62. The molecule has 2 amide bonds. The van der Waals surface area contributed by atoms with Crippen LogP contribution in [0.1, 0.15) is 40.8 Å². The summed E-state index contributed by atoms with van der Waals surface area (Å²) in [6, 6.07) is 3.15. The number of thiophene rings is 1. The summed E-state index contributed by atoms with van der Waals surface area (Å²) in [7, 11) is 0. The number of amides is 2. The molecule has 1 aliphatic rings. The molecule has 0 radical (unpaired) electrons. The SMILES string of the molecule is CC(=O)/N=C/C1CCCN(C(=O)c2ccc(-c3noc(C(F)(F)F)c3C)s2)C1. The Bertz CT molecular complexity index is 917. The van der Waals surface area contributed by atoms with Gasteiger partial charge >= 0.3 is 6.18 Å². The minimum Gasteiger partial charge on any atom is -0.351 e. The predicted molar refractivity (Wildman–Crippen MR) is 97.4 cm³/mol. The Morgan fingerprint density at radius 2 is 2.14 bits per heavy atom. The molecule has 3 heterocycles. The maximum atomic E-state index is 12.9. The lowest BCUT2D eigenvalue weighted by molar-refractivity contribution is -0.156. The highest BCUT2D eigenvalue weighted by Gasteiger charge is 2.39. The normalized spacial score (nSPS) is 18.0. The fraction of sp³-hybridized carbons (Fsp3) is 0.444. The summed E-state index contributed by atoms with van der Waals surface area (Å²) in [5.74, 6) is -1.61. The van der Waals surface area contributed by atoms with Crippen molar-refractivity contribution in [1.82, 2.24) is 10.1 Å². The number of aromatic nitrogens is 1. The van der Waals surface area contributed by atoms with E-state index in [1.807, 2.05) is 0 Å². The van der Waals surface area contributed by atoms with E-state index in [9.17, 15) is 22.8 Å². The van der Waals surface area contributed by atoms with Crippen LogP contribution in [0.25, 0.3) is 10.6 Å².